The van der Waals surface area contributed by atoms with Gasteiger partial charge in [0, 0.05) is 18.6 Å². The molecular formula is C13H17NO5. The molecule has 2 rings (SSSR count). The number of methoxy groups -OCH3 is 1. The summed E-state index contributed by atoms with van der Waals surface area (Å²) in [6.07, 6.45) is 0.853. The molecule has 1 aromatic rings. The second-order valence-electron chi connectivity index (χ2n) is 5.28. The van der Waals surface area contributed by atoms with Crippen molar-refractivity contribution in [2.75, 3.05) is 7.11 Å². The number of hydrogen-bond donors (Lipinski definition) is 2. The van der Waals surface area contributed by atoms with Crippen LogP contribution in [0.3, 0.4) is 0 Å². The van der Waals surface area contributed by atoms with Gasteiger partial charge in [-0.15, -0.1) is 0 Å². The summed E-state index contributed by atoms with van der Waals surface area (Å²) in [5.41, 5.74) is -0.146. The van der Waals surface area contributed by atoms with Gasteiger partial charge in [-0.05, 0) is 18.6 Å². The number of rotatable bonds is 4. The fourth-order valence-corrected chi connectivity index (χ4v) is 2.33. The maximum absolute atomic E-state index is 11.9. The van der Waals surface area contributed by atoms with Gasteiger partial charge in [0.15, 0.2) is 5.76 Å². The second-order valence-corrected chi connectivity index (χ2v) is 5.28. The van der Waals surface area contributed by atoms with Gasteiger partial charge in [-0.1, -0.05) is 13.8 Å². The number of furan rings is 1. The third-order valence-electron chi connectivity index (χ3n) is 3.81. The molecule has 0 aliphatic heterocycles. The van der Waals surface area contributed by atoms with Crippen LogP contribution in [0.25, 0.3) is 0 Å². The van der Waals surface area contributed by atoms with E-state index in [2.05, 4.69) is 5.32 Å². The first-order chi connectivity index (χ1) is 8.86. The first-order valence-corrected chi connectivity index (χ1v) is 6.03. The van der Waals surface area contributed by atoms with Crippen LogP contribution in [0.5, 0.6) is 0 Å². The number of amides is 1. The van der Waals surface area contributed by atoms with Gasteiger partial charge >= 0.3 is 5.97 Å². The molecule has 0 spiro atoms. The summed E-state index contributed by atoms with van der Waals surface area (Å²) in [7, 11) is 1.65. The lowest BCUT2D eigenvalue weighted by atomic mass is 9.64. The van der Waals surface area contributed by atoms with Crippen molar-refractivity contribution < 1.29 is 23.8 Å². The van der Waals surface area contributed by atoms with Crippen LogP contribution in [0.2, 0.25) is 0 Å². The third-order valence-corrected chi connectivity index (χ3v) is 3.81. The molecule has 0 aromatic carbocycles. The first kappa shape index (κ1) is 13.6. The van der Waals surface area contributed by atoms with Gasteiger partial charge in [-0.3, -0.25) is 4.79 Å². The van der Waals surface area contributed by atoms with Crippen LogP contribution in [0.1, 0.15) is 41.4 Å². The molecule has 6 nitrogen and oxygen atoms in total. The molecule has 1 aliphatic rings. The van der Waals surface area contributed by atoms with Gasteiger partial charge in [0.05, 0.1) is 6.10 Å². The Morgan fingerprint density at radius 2 is 2.05 bits per heavy atom. The lowest BCUT2D eigenvalue weighted by Gasteiger charge is -2.51. The molecule has 0 radical (unpaired) electrons. The highest BCUT2D eigenvalue weighted by Gasteiger charge is 2.49. The van der Waals surface area contributed by atoms with Crippen molar-refractivity contribution in [2.24, 2.45) is 5.41 Å². The molecule has 1 heterocycles. The first-order valence-electron chi connectivity index (χ1n) is 6.03. The molecule has 6 heteroatoms. The average Bonchev–Trinajstić information content (AvgIpc) is 2.83. The smallest absolute Gasteiger partial charge is 0.371 e. The fraction of sp³-hybridized carbons (Fsp3) is 0.538. The van der Waals surface area contributed by atoms with Gasteiger partial charge in [0.25, 0.3) is 5.91 Å². The van der Waals surface area contributed by atoms with E-state index < -0.39 is 11.9 Å². The van der Waals surface area contributed by atoms with Crippen LogP contribution in [-0.4, -0.2) is 36.2 Å². The Balaban J connectivity index is 2.00. The topological polar surface area (TPSA) is 88.8 Å². The molecule has 1 amide bonds. The van der Waals surface area contributed by atoms with Crippen molar-refractivity contribution in [3.05, 3.63) is 23.7 Å². The van der Waals surface area contributed by atoms with E-state index in [9.17, 15) is 9.59 Å². The minimum Gasteiger partial charge on any atom is -0.475 e. The highest BCUT2D eigenvalue weighted by Crippen LogP contribution is 2.42. The zero-order valence-electron chi connectivity index (χ0n) is 11.1. The summed E-state index contributed by atoms with van der Waals surface area (Å²) in [5, 5.41) is 11.6. The van der Waals surface area contributed by atoms with Crippen molar-refractivity contribution >= 4 is 11.9 Å². The Labute approximate surface area is 110 Å². The number of carboxylic acids is 1. The molecule has 104 valence electrons. The lowest BCUT2D eigenvalue weighted by Crippen LogP contribution is -2.61. The maximum Gasteiger partial charge on any atom is 0.371 e. The molecule has 0 saturated heterocycles. The molecular weight excluding hydrogens is 250 g/mol. The van der Waals surface area contributed by atoms with Gasteiger partial charge in [-0.25, -0.2) is 4.79 Å². The number of carbonyl (C=O) groups is 2. The number of aromatic carboxylic acids is 1. The van der Waals surface area contributed by atoms with E-state index in [1.165, 1.54) is 12.1 Å². The van der Waals surface area contributed by atoms with E-state index in [1.807, 2.05) is 13.8 Å². The minimum absolute atomic E-state index is 0.00840. The summed E-state index contributed by atoms with van der Waals surface area (Å²) in [4.78, 5) is 22.6. The molecule has 2 N–H and O–H groups in total. The normalized spacial score (nSPS) is 24.6. The summed E-state index contributed by atoms with van der Waals surface area (Å²) in [6.45, 7) is 4.03. The zero-order chi connectivity index (χ0) is 14.2. The lowest BCUT2D eigenvalue weighted by molar-refractivity contribution is -0.0943. The zero-order valence-corrected chi connectivity index (χ0v) is 11.1. The molecule has 1 saturated carbocycles. The second kappa shape index (κ2) is 4.70. The Bertz CT molecular complexity index is 505. The van der Waals surface area contributed by atoms with Crippen LogP contribution < -0.4 is 5.32 Å². The number of carboxylic acid groups (broad SMARTS) is 1. The fourth-order valence-electron chi connectivity index (χ4n) is 2.33. The standard InChI is InChI=1S/C13H17NO5/c1-13(2)9(6-10(13)18-3)14-11(15)7-4-5-8(19-7)12(16)17/h4-5,9-10H,6H2,1-3H3,(H,14,15)(H,16,17). The summed E-state index contributed by atoms with van der Waals surface area (Å²) in [5.74, 6) is -1.83. The SMILES string of the molecule is COC1CC(NC(=O)c2ccc(C(=O)O)o2)C1(C)C. The Morgan fingerprint density at radius 3 is 2.53 bits per heavy atom. The molecule has 1 aliphatic carbocycles. The van der Waals surface area contributed by atoms with Gasteiger partial charge in [0.2, 0.25) is 5.76 Å². The number of nitrogens with one attached hydrogen (secondary N) is 1. The van der Waals surface area contributed by atoms with Crippen LogP contribution in [0, 0.1) is 5.41 Å². The van der Waals surface area contributed by atoms with Gasteiger partial charge in [0.1, 0.15) is 0 Å². The van der Waals surface area contributed by atoms with Crippen LogP contribution in [0.4, 0.5) is 0 Å². The third kappa shape index (κ3) is 2.35. The quantitative estimate of drug-likeness (QED) is 0.863. The van der Waals surface area contributed by atoms with Crippen molar-refractivity contribution in [1.29, 1.82) is 0 Å². The number of ether oxygens (including phenoxy) is 1. The Kier molecular flexibility index (Phi) is 3.36. The summed E-state index contributed by atoms with van der Waals surface area (Å²) in [6, 6.07) is 2.61. The summed E-state index contributed by atoms with van der Waals surface area (Å²) >= 11 is 0. The van der Waals surface area contributed by atoms with Crippen molar-refractivity contribution in [1.82, 2.24) is 5.32 Å². The predicted octanol–water partition coefficient (Wildman–Crippen LogP) is 1.52. The molecule has 1 aromatic heterocycles. The molecule has 2 unspecified atom stereocenters. The summed E-state index contributed by atoms with van der Waals surface area (Å²) < 4.78 is 10.3. The van der Waals surface area contributed by atoms with Crippen LogP contribution in [0.15, 0.2) is 16.5 Å². The highest BCUT2D eigenvalue weighted by atomic mass is 16.5. The molecule has 19 heavy (non-hydrogen) atoms. The van der Waals surface area contributed by atoms with Crippen LogP contribution >= 0.6 is 0 Å². The van der Waals surface area contributed by atoms with E-state index in [-0.39, 0.29) is 29.1 Å². The van der Waals surface area contributed by atoms with E-state index in [0.717, 1.165) is 6.42 Å². The Hall–Kier alpha value is -1.82. The molecule has 0 bridgehead atoms. The number of hydrogen-bond acceptors (Lipinski definition) is 4. The van der Waals surface area contributed by atoms with Gasteiger partial charge < -0.3 is 19.6 Å². The number of carbonyl (C=O) groups excluding carboxylic acids is 1. The minimum atomic E-state index is -1.19. The van der Waals surface area contributed by atoms with Crippen LogP contribution in [-0.2, 0) is 4.74 Å². The van der Waals surface area contributed by atoms with E-state index in [1.54, 1.807) is 7.11 Å². The predicted molar refractivity (Wildman–Crippen MR) is 66.1 cm³/mol. The van der Waals surface area contributed by atoms with Crippen molar-refractivity contribution in [3.63, 3.8) is 0 Å². The van der Waals surface area contributed by atoms with E-state index >= 15 is 0 Å². The largest absolute Gasteiger partial charge is 0.475 e. The highest BCUT2D eigenvalue weighted by molar-refractivity contribution is 5.93. The Morgan fingerprint density at radius 1 is 1.42 bits per heavy atom. The molecule has 2 atom stereocenters. The van der Waals surface area contributed by atoms with E-state index in [4.69, 9.17) is 14.3 Å². The molecule has 1 fully saturated rings. The van der Waals surface area contributed by atoms with Crippen molar-refractivity contribution in [2.45, 2.75) is 32.4 Å². The van der Waals surface area contributed by atoms with Gasteiger partial charge in [-0.2, -0.15) is 0 Å². The monoisotopic (exact) mass is 267 g/mol. The van der Waals surface area contributed by atoms with E-state index in [0.29, 0.717) is 0 Å². The maximum atomic E-state index is 11.9. The van der Waals surface area contributed by atoms with Crippen molar-refractivity contribution in [3.8, 4) is 0 Å². The average molecular weight is 267 g/mol.